The molecule has 0 unspecified atom stereocenters. The number of nitrogens with zero attached hydrogens (tertiary/aromatic N) is 3. The van der Waals surface area contributed by atoms with Crippen molar-refractivity contribution in [3.05, 3.63) is 42.2 Å². The molecule has 0 radical (unpaired) electrons. The van der Waals surface area contributed by atoms with Gasteiger partial charge in [-0.1, -0.05) is 0 Å². The molecule has 1 fully saturated rings. The summed E-state index contributed by atoms with van der Waals surface area (Å²) >= 11 is 0. The van der Waals surface area contributed by atoms with Crippen LogP contribution in [0.3, 0.4) is 0 Å². The number of aromatic nitrogens is 2. The first-order chi connectivity index (χ1) is 14.7. The van der Waals surface area contributed by atoms with Crippen molar-refractivity contribution in [3.63, 3.8) is 0 Å². The molecule has 2 heterocycles. The number of carbonyl (C=O) groups is 2. The van der Waals surface area contributed by atoms with Crippen LogP contribution in [0, 0.1) is 5.92 Å². The first-order valence-corrected chi connectivity index (χ1v) is 10.6. The van der Waals surface area contributed by atoms with Crippen LogP contribution in [0.15, 0.2) is 36.5 Å². The topological polar surface area (TPSA) is 85.7 Å². The molecule has 0 bridgehead atoms. The lowest BCUT2D eigenvalue weighted by Crippen LogP contribution is -2.49. The zero-order valence-electron chi connectivity index (χ0n) is 18.9. The number of rotatable bonds is 5. The van der Waals surface area contributed by atoms with Crippen molar-refractivity contribution < 1.29 is 19.1 Å². The zero-order valence-corrected chi connectivity index (χ0v) is 18.9. The summed E-state index contributed by atoms with van der Waals surface area (Å²) in [4.78, 5) is 26.9. The lowest BCUT2D eigenvalue weighted by Gasteiger charge is -2.36. The average molecular weight is 429 g/mol. The van der Waals surface area contributed by atoms with Crippen molar-refractivity contribution in [3.8, 4) is 11.4 Å². The molecule has 0 saturated carbocycles. The smallest absolute Gasteiger partial charge is 0.410 e. The standard InChI is InChI=1S/C23H32N4O4/c1-16(17-7-6-13-26(15-17)22(29)31-23(2,3)4)24-21(28)20-12-14-27(25-20)18-8-10-19(30-5)11-9-18/h8-12,14,16-17H,6-7,13,15H2,1-5H3,(H,24,28)/t16-,17+/m0/s1. The predicted molar refractivity (Wildman–Crippen MR) is 118 cm³/mol. The molecule has 1 N–H and O–H groups in total. The van der Waals surface area contributed by atoms with Crippen molar-refractivity contribution in [2.24, 2.45) is 5.92 Å². The number of hydrogen-bond donors (Lipinski definition) is 1. The minimum Gasteiger partial charge on any atom is -0.497 e. The summed E-state index contributed by atoms with van der Waals surface area (Å²) in [5.74, 6) is 0.693. The first kappa shape index (κ1) is 22.7. The van der Waals surface area contributed by atoms with Gasteiger partial charge in [0.2, 0.25) is 0 Å². The number of amides is 2. The van der Waals surface area contributed by atoms with Crippen LogP contribution in [0.2, 0.25) is 0 Å². The van der Waals surface area contributed by atoms with Gasteiger partial charge in [0.1, 0.15) is 11.4 Å². The lowest BCUT2D eigenvalue weighted by molar-refractivity contribution is 0.0150. The number of ether oxygens (including phenoxy) is 2. The van der Waals surface area contributed by atoms with Gasteiger partial charge in [0, 0.05) is 25.3 Å². The summed E-state index contributed by atoms with van der Waals surface area (Å²) in [6, 6.07) is 9.05. The van der Waals surface area contributed by atoms with Crippen LogP contribution in [-0.2, 0) is 4.74 Å². The Bertz CT molecular complexity index is 901. The van der Waals surface area contributed by atoms with Crippen LogP contribution in [-0.4, -0.2) is 58.5 Å². The summed E-state index contributed by atoms with van der Waals surface area (Å²) in [5.41, 5.74) is 0.669. The third kappa shape index (κ3) is 5.99. The molecule has 1 saturated heterocycles. The van der Waals surface area contributed by atoms with Crippen molar-refractivity contribution in [1.29, 1.82) is 0 Å². The third-order valence-electron chi connectivity index (χ3n) is 5.33. The van der Waals surface area contributed by atoms with Crippen molar-refractivity contribution >= 4 is 12.0 Å². The number of nitrogens with one attached hydrogen (secondary N) is 1. The largest absolute Gasteiger partial charge is 0.497 e. The van der Waals surface area contributed by atoms with Gasteiger partial charge in [-0.3, -0.25) is 4.79 Å². The second-order valence-corrected chi connectivity index (χ2v) is 8.93. The van der Waals surface area contributed by atoms with Gasteiger partial charge in [-0.2, -0.15) is 5.10 Å². The molecular formula is C23H32N4O4. The van der Waals surface area contributed by atoms with E-state index in [9.17, 15) is 9.59 Å². The Hall–Kier alpha value is -3.03. The number of benzene rings is 1. The molecule has 31 heavy (non-hydrogen) atoms. The first-order valence-electron chi connectivity index (χ1n) is 10.6. The fourth-order valence-electron chi connectivity index (χ4n) is 3.63. The van der Waals surface area contributed by atoms with Crippen LogP contribution < -0.4 is 10.1 Å². The minimum atomic E-state index is -0.521. The van der Waals surface area contributed by atoms with E-state index in [0.717, 1.165) is 24.3 Å². The highest BCUT2D eigenvalue weighted by Crippen LogP contribution is 2.22. The highest BCUT2D eigenvalue weighted by molar-refractivity contribution is 5.92. The molecule has 1 aromatic heterocycles. The van der Waals surface area contributed by atoms with Crippen molar-refractivity contribution in [2.45, 2.75) is 52.2 Å². The van der Waals surface area contributed by atoms with E-state index in [2.05, 4.69) is 10.4 Å². The molecule has 1 aliphatic rings. The van der Waals surface area contributed by atoms with E-state index in [1.807, 2.05) is 52.0 Å². The lowest BCUT2D eigenvalue weighted by atomic mass is 9.91. The van der Waals surface area contributed by atoms with Gasteiger partial charge >= 0.3 is 6.09 Å². The predicted octanol–water partition coefficient (Wildman–Crippen LogP) is 3.65. The van der Waals surface area contributed by atoms with Crippen molar-refractivity contribution in [2.75, 3.05) is 20.2 Å². The maximum absolute atomic E-state index is 12.7. The zero-order chi connectivity index (χ0) is 22.6. The molecule has 2 aromatic rings. The van der Waals surface area contributed by atoms with E-state index in [1.165, 1.54) is 0 Å². The van der Waals surface area contributed by atoms with Crippen LogP contribution in [0.5, 0.6) is 5.75 Å². The fourth-order valence-corrected chi connectivity index (χ4v) is 3.63. The Kier molecular flexibility index (Phi) is 6.87. The Morgan fingerprint density at radius 1 is 1.19 bits per heavy atom. The summed E-state index contributed by atoms with van der Waals surface area (Å²) in [5, 5.41) is 7.44. The minimum absolute atomic E-state index is 0.0936. The van der Waals surface area contributed by atoms with E-state index in [1.54, 1.807) is 29.0 Å². The van der Waals surface area contributed by atoms with E-state index in [0.29, 0.717) is 18.8 Å². The van der Waals surface area contributed by atoms with Crippen LogP contribution in [0.4, 0.5) is 4.79 Å². The Balaban J connectivity index is 1.58. The second kappa shape index (κ2) is 9.41. The van der Waals surface area contributed by atoms with Gasteiger partial charge in [0.25, 0.3) is 5.91 Å². The molecule has 1 aromatic carbocycles. The normalized spacial score (nSPS) is 17.7. The maximum Gasteiger partial charge on any atom is 0.410 e. The van der Waals surface area contributed by atoms with Gasteiger partial charge < -0.3 is 19.7 Å². The number of piperidine rings is 1. The van der Waals surface area contributed by atoms with Gasteiger partial charge in [-0.05, 0) is 76.8 Å². The van der Waals surface area contributed by atoms with E-state index < -0.39 is 5.60 Å². The molecule has 3 rings (SSSR count). The molecular weight excluding hydrogens is 396 g/mol. The molecule has 1 aliphatic heterocycles. The average Bonchev–Trinajstić information content (AvgIpc) is 3.23. The van der Waals surface area contributed by atoms with Gasteiger partial charge in [-0.25, -0.2) is 9.48 Å². The van der Waals surface area contributed by atoms with Gasteiger partial charge in [-0.15, -0.1) is 0 Å². The summed E-state index contributed by atoms with van der Waals surface area (Å²) in [6.45, 7) is 8.80. The Labute approximate surface area is 183 Å². The second-order valence-electron chi connectivity index (χ2n) is 8.93. The summed E-state index contributed by atoms with van der Waals surface area (Å²) in [6.07, 6.45) is 3.29. The molecule has 8 heteroatoms. The van der Waals surface area contributed by atoms with Crippen LogP contribution >= 0.6 is 0 Å². The molecule has 2 amide bonds. The monoisotopic (exact) mass is 428 g/mol. The van der Waals surface area contributed by atoms with E-state index >= 15 is 0 Å². The SMILES string of the molecule is COc1ccc(-n2ccc(C(=O)N[C@@H](C)[C@@H]3CCCN(C(=O)OC(C)(C)C)C3)n2)cc1. The fraction of sp³-hybridized carbons (Fsp3) is 0.522. The molecule has 8 nitrogen and oxygen atoms in total. The molecule has 168 valence electrons. The molecule has 0 spiro atoms. The van der Waals surface area contributed by atoms with Gasteiger partial charge in [0.05, 0.1) is 12.8 Å². The number of methoxy groups -OCH3 is 1. The molecule has 0 aliphatic carbocycles. The van der Waals surface area contributed by atoms with E-state index in [4.69, 9.17) is 9.47 Å². The van der Waals surface area contributed by atoms with E-state index in [-0.39, 0.29) is 24.0 Å². The van der Waals surface area contributed by atoms with Gasteiger partial charge in [0.15, 0.2) is 5.69 Å². The Morgan fingerprint density at radius 3 is 2.55 bits per heavy atom. The molecule has 2 atom stereocenters. The summed E-state index contributed by atoms with van der Waals surface area (Å²) < 4.78 is 12.3. The third-order valence-corrected chi connectivity index (χ3v) is 5.33. The highest BCUT2D eigenvalue weighted by atomic mass is 16.6. The van der Waals surface area contributed by atoms with Crippen LogP contribution in [0.1, 0.15) is 51.0 Å². The quantitative estimate of drug-likeness (QED) is 0.786. The number of hydrogen-bond acceptors (Lipinski definition) is 5. The number of carbonyl (C=O) groups excluding carboxylic acids is 2. The highest BCUT2D eigenvalue weighted by Gasteiger charge is 2.31. The number of likely N-dealkylation sites (tertiary alicyclic amines) is 1. The Morgan fingerprint density at radius 2 is 1.90 bits per heavy atom. The summed E-state index contributed by atoms with van der Waals surface area (Å²) in [7, 11) is 1.62. The maximum atomic E-state index is 12.7. The van der Waals surface area contributed by atoms with Crippen LogP contribution in [0.25, 0.3) is 5.69 Å². The van der Waals surface area contributed by atoms with Crippen molar-refractivity contribution in [1.82, 2.24) is 20.0 Å².